The summed E-state index contributed by atoms with van der Waals surface area (Å²) >= 11 is 6.22. The maximum Gasteiger partial charge on any atom is 0.135 e. The summed E-state index contributed by atoms with van der Waals surface area (Å²) in [5.41, 5.74) is 6.57. The number of imidazole rings is 1. The van der Waals surface area contributed by atoms with E-state index in [0.29, 0.717) is 11.4 Å². The number of rotatable bonds is 0. The van der Waals surface area contributed by atoms with E-state index in [1.807, 2.05) is 48.9 Å². The average molecular weight is 358 g/mol. The molecule has 4 heterocycles. The summed E-state index contributed by atoms with van der Waals surface area (Å²) < 4.78 is 2.07. The van der Waals surface area contributed by atoms with Gasteiger partial charge in [0.25, 0.3) is 0 Å². The molecule has 1 N–H and O–H groups in total. The maximum atomic E-state index is 6.22. The van der Waals surface area contributed by atoms with Gasteiger partial charge in [0.2, 0.25) is 0 Å². The summed E-state index contributed by atoms with van der Waals surface area (Å²) in [7, 11) is 0. The van der Waals surface area contributed by atoms with E-state index < -0.39 is 0 Å². The zero-order chi connectivity index (χ0) is 17.5. The number of fused-ring (bicyclic) bond motifs is 5. The largest absolute Gasteiger partial charge is 0.301 e. The Morgan fingerprint density at radius 2 is 2.08 bits per heavy atom. The van der Waals surface area contributed by atoms with E-state index in [9.17, 15) is 0 Å². The fraction of sp³-hybridized carbons (Fsp3) is 0.0500. The van der Waals surface area contributed by atoms with Crippen molar-refractivity contribution in [2.75, 3.05) is 0 Å². The molecule has 0 radical (unpaired) electrons. The maximum absolute atomic E-state index is 6.22. The van der Waals surface area contributed by atoms with Gasteiger partial charge in [0.1, 0.15) is 17.7 Å². The van der Waals surface area contributed by atoms with Crippen molar-refractivity contribution in [3.63, 3.8) is 0 Å². The third kappa shape index (κ3) is 2.40. The van der Waals surface area contributed by atoms with Gasteiger partial charge >= 0.3 is 0 Å². The van der Waals surface area contributed by atoms with Gasteiger partial charge in [-0.05, 0) is 42.2 Å². The minimum absolute atomic E-state index is 0.683. The Balaban J connectivity index is 1.69. The first-order valence-electron chi connectivity index (χ1n) is 8.11. The fourth-order valence-corrected chi connectivity index (χ4v) is 3.36. The highest BCUT2D eigenvalue weighted by molar-refractivity contribution is 6.31. The van der Waals surface area contributed by atoms with Crippen molar-refractivity contribution in [3.05, 3.63) is 82.8 Å². The third-order valence-electron chi connectivity index (χ3n) is 4.40. The van der Waals surface area contributed by atoms with Gasteiger partial charge in [-0.2, -0.15) is 5.10 Å². The summed E-state index contributed by atoms with van der Waals surface area (Å²) in [6.45, 7) is 0. The summed E-state index contributed by atoms with van der Waals surface area (Å²) in [6.07, 6.45) is 6.07. The molecule has 0 saturated carbocycles. The predicted molar refractivity (Wildman–Crippen MR) is 99.2 cm³/mol. The van der Waals surface area contributed by atoms with Crippen molar-refractivity contribution >= 4 is 11.6 Å². The smallest absolute Gasteiger partial charge is 0.135 e. The molecule has 0 fully saturated rings. The van der Waals surface area contributed by atoms with E-state index in [0.717, 1.165) is 39.6 Å². The SMILES string of the molecule is Clc1ccc2c(c1)-c1[nH]ncc1Cc1c(C#Cc3ccccn3)ncn1-2. The van der Waals surface area contributed by atoms with E-state index in [1.54, 1.807) is 6.20 Å². The van der Waals surface area contributed by atoms with Crippen molar-refractivity contribution in [3.8, 4) is 28.8 Å². The standard InChI is InChI=1S/C20H12ClN5/c21-14-4-7-18-16(10-14)20-13(11-24-25-20)9-19-17(23-12-26(18)19)6-5-15-3-1-2-8-22-15/h1-4,7-8,10-12H,9H2,(H,24,25). The van der Waals surface area contributed by atoms with Gasteiger partial charge in [-0.25, -0.2) is 9.97 Å². The molecule has 26 heavy (non-hydrogen) atoms. The van der Waals surface area contributed by atoms with E-state index in [1.165, 1.54) is 0 Å². The van der Waals surface area contributed by atoms with Crippen LogP contribution in [-0.4, -0.2) is 24.7 Å². The van der Waals surface area contributed by atoms with Crippen LogP contribution in [0.2, 0.25) is 5.02 Å². The van der Waals surface area contributed by atoms with Gasteiger partial charge in [-0.3, -0.25) is 5.10 Å². The minimum Gasteiger partial charge on any atom is -0.301 e. The third-order valence-corrected chi connectivity index (χ3v) is 4.64. The van der Waals surface area contributed by atoms with Crippen LogP contribution in [0.5, 0.6) is 0 Å². The van der Waals surface area contributed by atoms with Crippen molar-refractivity contribution in [1.29, 1.82) is 0 Å². The molecule has 0 amide bonds. The molecule has 0 bridgehead atoms. The molecule has 5 nitrogen and oxygen atoms in total. The summed E-state index contributed by atoms with van der Waals surface area (Å²) in [5.74, 6) is 6.25. The quantitative estimate of drug-likeness (QED) is 0.431. The Morgan fingerprint density at radius 1 is 1.12 bits per heavy atom. The normalized spacial score (nSPS) is 11.6. The molecule has 6 heteroatoms. The van der Waals surface area contributed by atoms with Gasteiger partial charge in [0.15, 0.2) is 0 Å². The lowest BCUT2D eigenvalue weighted by atomic mass is 10.0. The van der Waals surface area contributed by atoms with Gasteiger partial charge in [0.05, 0.1) is 23.3 Å². The molecule has 1 aliphatic rings. The molecule has 0 atom stereocenters. The number of halogens is 1. The van der Waals surface area contributed by atoms with Gasteiger partial charge in [-0.15, -0.1) is 0 Å². The zero-order valence-electron chi connectivity index (χ0n) is 13.6. The van der Waals surface area contributed by atoms with E-state index in [-0.39, 0.29) is 0 Å². The number of nitrogens with one attached hydrogen (secondary N) is 1. The molecule has 1 aromatic carbocycles. The highest BCUT2D eigenvalue weighted by atomic mass is 35.5. The lowest BCUT2D eigenvalue weighted by Crippen LogP contribution is -1.99. The van der Waals surface area contributed by atoms with Crippen molar-refractivity contribution in [2.45, 2.75) is 6.42 Å². The first-order valence-corrected chi connectivity index (χ1v) is 8.49. The lowest BCUT2D eigenvalue weighted by Gasteiger charge is -2.09. The van der Waals surface area contributed by atoms with Crippen LogP contribution < -0.4 is 0 Å². The number of H-pyrrole nitrogens is 1. The first kappa shape index (κ1) is 14.9. The van der Waals surface area contributed by atoms with Gasteiger partial charge in [0, 0.05) is 28.8 Å². The summed E-state index contributed by atoms with van der Waals surface area (Å²) in [5, 5.41) is 7.99. The minimum atomic E-state index is 0.683. The van der Waals surface area contributed by atoms with E-state index >= 15 is 0 Å². The second-order valence-corrected chi connectivity index (χ2v) is 6.42. The summed E-state index contributed by atoms with van der Waals surface area (Å²) in [6, 6.07) is 11.5. The topological polar surface area (TPSA) is 59.4 Å². The fourth-order valence-electron chi connectivity index (χ4n) is 3.19. The van der Waals surface area contributed by atoms with Crippen LogP contribution in [0, 0.1) is 11.8 Å². The van der Waals surface area contributed by atoms with Crippen molar-refractivity contribution in [2.24, 2.45) is 0 Å². The van der Waals surface area contributed by atoms with Crippen LogP contribution in [0.3, 0.4) is 0 Å². The van der Waals surface area contributed by atoms with Crippen LogP contribution in [0.25, 0.3) is 16.9 Å². The molecule has 1 aliphatic heterocycles. The molecule has 0 saturated heterocycles. The van der Waals surface area contributed by atoms with Crippen LogP contribution >= 0.6 is 11.6 Å². The number of pyridine rings is 1. The molecule has 0 aliphatic carbocycles. The van der Waals surface area contributed by atoms with Crippen molar-refractivity contribution in [1.82, 2.24) is 24.7 Å². The van der Waals surface area contributed by atoms with Gasteiger partial charge < -0.3 is 4.57 Å². The number of hydrogen-bond acceptors (Lipinski definition) is 3. The average Bonchev–Trinajstić information content (AvgIpc) is 3.26. The molecule has 5 rings (SSSR count). The van der Waals surface area contributed by atoms with E-state index in [4.69, 9.17) is 11.6 Å². The number of aromatic nitrogens is 5. The Hall–Kier alpha value is -3.36. The molecule has 0 unspecified atom stereocenters. The first-order chi connectivity index (χ1) is 12.8. The highest BCUT2D eigenvalue weighted by Crippen LogP contribution is 2.36. The Bertz CT molecular complexity index is 1180. The summed E-state index contributed by atoms with van der Waals surface area (Å²) in [4.78, 5) is 8.78. The van der Waals surface area contributed by atoms with Crippen LogP contribution in [0.15, 0.2) is 55.1 Å². The number of nitrogens with zero attached hydrogens (tertiary/aromatic N) is 4. The highest BCUT2D eigenvalue weighted by Gasteiger charge is 2.23. The Labute approximate surface area is 154 Å². The van der Waals surface area contributed by atoms with Crippen molar-refractivity contribution < 1.29 is 0 Å². The molecule has 124 valence electrons. The number of benzene rings is 1. The molecular formula is C20H12ClN5. The number of hydrogen-bond donors (Lipinski definition) is 1. The van der Waals surface area contributed by atoms with Gasteiger partial charge in [-0.1, -0.05) is 17.7 Å². The molecule has 3 aromatic heterocycles. The van der Waals surface area contributed by atoms with Crippen LogP contribution in [0.1, 0.15) is 22.6 Å². The number of aromatic amines is 1. The Kier molecular flexibility index (Phi) is 3.37. The second kappa shape index (κ2) is 5.87. The van der Waals surface area contributed by atoms with Crippen LogP contribution in [0.4, 0.5) is 0 Å². The molecular weight excluding hydrogens is 346 g/mol. The van der Waals surface area contributed by atoms with E-state index in [2.05, 4.69) is 36.6 Å². The lowest BCUT2D eigenvalue weighted by molar-refractivity contribution is 0.965. The monoisotopic (exact) mass is 357 g/mol. The Morgan fingerprint density at radius 3 is 2.96 bits per heavy atom. The molecule has 4 aromatic rings. The second-order valence-electron chi connectivity index (χ2n) is 5.98. The zero-order valence-corrected chi connectivity index (χ0v) is 14.3. The van der Waals surface area contributed by atoms with Crippen LogP contribution in [-0.2, 0) is 6.42 Å². The predicted octanol–water partition coefficient (Wildman–Crippen LogP) is 3.61. The molecule has 0 spiro atoms.